The quantitative estimate of drug-likeness (QED) is 0.352. The van der Waals surface area contributed by atoms with Crippen LogP contribution in [0, 0.1) is 10.1 Å². The lowest BCUT2D eigenvalue weighted by Gasteiger charge is -2.17. The molecule has 1 fully saturated rings. The fourth-order valence-electron chi connectivity index (χ4n) is 2.88. The van der Waals surface area contributed by atoms with Gasteiger partial charge in [-0.15, -0.1) is 11.8 Å². The van der Waals surface area contributed by atoms with Crippen molar-refractivity contribution < 1.29 is 19.2 Å². The number of carbonyl (C=O) groups is 2. The average molecular weight is 387 g/mol. The van der Waals surface area contributed by atoms with E-state index in [1.54, 1.807) is 17.8 Å². The standard InChI is InChI=1S/C18H17N3O5S/c1-26-12-6-7-15(16(9-12)21(24)25)20-17(22)10-14(18(20)23)19-11-4-3-5-13(8-11)27-2/h3-9,14,19H,10H2,1-2H3. The monoisotopic (exact) mass is 387 g/mol. The largest absolute Gasteiger partial charge is 0.496 e. The Labute approximate surface area is 159 Å². The van der Waals surface area contributed by atoms with Gasteiger partial charge in [-0.1, -0.05) is 6.07 Å². The molecule has 0 aliphatic carbocycles. The fourth-order valence-corrected chi connectivity index (χ4v) is 3.34. The maximum Gasteiger partial charge on any atom is 0.297 e. The summed E-state index contributed by atoms with van der Waals surface area (Å²) in [6.07, 6.45) is 1.86. The Hall–Kier alpha value is -3.07. The molecular formula is C18H17N3O5S. The highest BCUT2D eigenvalue weighted by Crippen LogP contribution is 2.35. The van der Waals surface area contributed by atoms with Crippen LogP contribution in [0.2, 0.25) is 0 Å². The molecule has 1 N–H and O–H groups in total. The molecule has 0 saturated carbocycles. The van der Waals surface area contributed by atoms with E-state index in [4.69, 9.17) is 4.74 Å². The summed E-state index contributed by atoms with van der Waals surface area (Å²) >= 11 is 1.56. The lowest BCUT2D eigenvalue weighted by atomic mass is 10.2. The number of anilines is 2. The van der Waals surface area contributed by atoms with Gasteiger partial charge in [-0.05, 0) is 36.6 Å². The molecule has 0 spiro atoms. The number of benzene rings is 2. The van der Waals surface area contributed by atoms with Crippen LogP contribution in [0.1, 0.15) is 6.42 Å². The number of thioether (sulfide) groups is 1. The molecule has 1 heterocycles. The van der Waals surface area contributed by atoms with Gasteiger partial charge in [0.05, 0.1) is 24.5 Å². The second-order valence-electron chi connectivity index (χ2n) is 5.81. The van der Waals surface area contributed by atoms with Crippen LogP contribution in [0.25, 0.3) is 0 Å². The van der Waals surface area contributed by atoms with Gasteiger partial charge >= 0.3 is 0 Å². The van der Waals surface area contributed by atoms with Gasteiger partial charge in [0.15, 0.2) is 0 Å². The van der Waals surface area contributed by atoms with Crippen LogP contribution < -0.4 is 15.0 Å². The van der Waals surface area contributed by atoms with E-state index in [-0.39, 0.29) is 23.5 Å². The molecule has 2 amide bonds. The molecular weight excluding hydrogens is 370 g/mol. The van der Waals surface area contributed by atoms with Crippen molar-refractivity contribution in [3.05, 3.63) is 52.6 Å². The third kappa shape index (κ3) is 3.72. The third-order valence-corrected chi connectivity index (χ3v) is 4.90. The number of ether oxygens (including phenoxy) is 1. The van der Waals surface area contributed by atoms with Crippen molar-refractivity contribution in [2.24, 2.45) is 0 Å². The molecule has 1 saturated heterocycles. The highest BCUT2D eigenvalue weighted by Gasteiger charge is 2.42. The summed E-state index contributed by atoms with van der Waals surface area (Å²) < 4.78 is 4.99. The summed E-state index contributed by atoms with van der Waals surface area (Å²) in [4.78, 5) is 37.9. The van der Waals surface area contributed by atoms with E-state index in [9.17, 15) is 19.7 Å². The number of nitrogens with zero attached hydrogens (tertiary/aromatic N) is 2. The number of carbonyl (C=O) groups excluding carboxylic acids is 2. The number of hydrogen-bond donors (Lipinski definition) is 1. The summed E-state index contributed by atoms with van der Waals surface area (Å²) in [6, 6.07) is 10.7. The van der Waals surface area contributed by atoms with Gasteiger partial charge in [0, 0.05) is 10.6 Å². The van der Waals surface area contributed by atoms with Crippen LogP contribution in [0.3, 0.4) is 0 Å². The van der Waals surface area contributed by atoms with Gasteiger partial charge in [0.1, 0.15) is 17.5 Å². The number of rotatable bonds is 6. The normalized spacial score (nSPS) is 16.5. The Kier molecular flexibility index (Phi) is 5.31. The lowest BCUT2D eigenvalue weighted by Crippen LogP contribution is -2.35. The minimum Gasteiger partial charge on any atom is -0.496 e. The molecule has 2 aromatic rings. The molecule has 0 radical (unpaired) electrons. The Balaban J connectivity index is 1.89. The molecule has 1 unspecified atom stereocenters. The van der Waals surface area contributed by atoms with Crippen molar-refractivity contribution in [1.29, 1.82) is 0 Å². The molecule has 8 nitrogen and oxygen atoms in total. The Bertz CT molecular complexity index is 918. The van der Waals surface area contributed by atoms with Crippen LogP contribution in [-0.4, -0.2) is 36.1 Å². The first-order valence-corrected chi connectivity index (χ1v) is 9.27. The van der Waals surface area contributed by atoms with Crippen molar-refractivity contribution >= 4 is 40.6 Å². The highest BCUT2D eigenvalue weighted by atomic mass is 32.2. The topological polar surface area (TPSA) is 102 Å². The Morgan fingerprint density at radius 3 is 2.70 bits per heavy atom. The number of imide groups is 1. The van der Waals surface area contributed by atoms with E-state index >= 15 is 0 Å². The van der Waals surface area contributed by atoms with E-state index in [1.165, 1.54) is 25.3 Å². The molecule has 1 aliphatic heterocycles. The molecule has 9 heteroatoms. The first-order chi connectivity index (χ1) is 12.9. The van der Waals surface area contributed by atoms with Crippen LogP contribution >= 0.6 is 11.8 Å². The summed E-state index contributed by atoms with van der Waals surface area (Å²) in [5.74, 6) is -0.747. The Morgan fingerprint density at radius 1 is 1.26 bits per heavy atom. The highest BCUT2D eigenvalue weighted by molar-refractivity contribution is 7.98. The maximum absolute atomic E-state index is 12.8. The van der Waals surface area contributed by atoms with E-state index in [1.807, 2.05) is 24.5 Å². The first-order valence-electron chi connectivity index (χ1n) is 8.04. The first kappa shape index (κ1) is 18.7. The molecule has 27 heavy (non-hydrogen) atoms. The van der Waals surface area contributed by atoms with Gasteiger partial charge in [0.25, 0.3) is 11.6 Å². The van der Waals surface area contributed by atoms with Gasteiger partial charge in [-0.2, -0.15) is 0 Å². The molecule has 140 valence electrons. The number of nitro benzene ring substituents is 1. The molecule has 0 aromatic heterocycles. The van der Waals surface area contributed by atoms with E-state index < -0.39 is 22.8 Å². The SMILES string of the molecule is COc1ccc(N2C(=O)CC(Nc3cccc(SC)c3)C2=O)c([N+](=O)[O-])c1. The zero-order chi connectivity index (χ0) is 19.6. The van der Waals surface area contributed by atoms with E-state index in [2.05, 4.69) is 5.32 Å². The van der Waals surface area contributed by atoms with Crippen molar-refractivity contribution in [3.8, 4) is 5.75 Å². The third-order valence-electron chi connectivity index (χ3n) is 4.18. The molecule has 1 atom stereocenters. The molecule has 2 aromatic carbocycles. The van der Waals surface area contributed by atoms with Gasteiger partial charge < -0.3 is 10.1 Å². The zero-order valence-corrected chi connectivity index (χ0v) is 15.5. The summed E-state index contributed by atoms with van der Waals surface area (Å²) in [6.45, 7) is 0. The maximum atomic E-state index is 12.8. The van der Waals surface area contributed by atoms with Crippen molar-refractivity contribution in [1.82, 2.24) is 0 Å². The van der Waals surface area contributed by atoms with Gasteiger partial charge in [-0.3, -0.25) is 19.7 Å². The van der Waals surface area contributed by atoms with Crippen molar-refractivity contribution in [2.45, 2.75) is 17.4 Å². The van der Waals surface area contributed by atoms with Crippen molar-refractivity contribution in [2.75, 3.05) is 23.6 Å². The minimum absolute atomic E-state index is 0.0574. The number of nitrogens with one attached hydrogen (secondary N) is 1. The smallest absolute Gasteiger partial charge is 0.297 e. The number of hydrogen-bond acceptors (Lipinski definition) is 7. The predicted octanol–water partition coefficient (Wildman–Crippen LogP) is 3.07. The van der Waals surface area contributed by atoms with Gasteiger partial charge in [-0.25, -0.2) is 4.90 Å². The minimum atomic E-state index is -0.781. The van der Waals surface area contributed by atoms with Crippen LogP contribution in [0.15, 0.2) is 47.4 Å². The second-order valence-corrected chi connectivity index (χ2v) is 6.69. The van der Waals surface area contributed by atoms with Crippen LogP contribution in [0.4, 0.5) is 17.1 Å². The Morgan fingerprint density at radius 2 is 2.04 bits per heavy atom. The lowest BCUT2D eigenvalue weighted by molar-refractivity contribution is -0.384. The van der Waals surface area contributed by atoms with Crippen LogP contribution in [0.5, 0.6) is 5.75 Å². The number of methoxy groups -OCH3 is 1. The van der Waals surface area contributed by atoms with Gasteiger partial charge in [0.2, 0.25) is 5.91 Å². The molecule has 3 rings (SSSR count). The summed E-state index contributed by atoms with van der Waals surface area (Å²) in [5.41, 5.74) is 0.290. The summed E-state index contributed by atoms with van der Waals surface area (Å²) in [7, 11) is 1.38. The van der Waals surface area contributed by atoms with Crippen molar-refractivity contribution in [3.63, 3.8) is 0 Å². The zero-order valence-electron chi connectivity index (χ0n) is 14.7. The molecule has 1 aliphatic rings. The predicted molar refractivity (Wildman–Crippen MR) is 102 cm³/mol. The number of amides is 2. The average Bonchev–Trinajstić information content (AvgIpc) is 2.94. The fraction of sp³-hybridized carbons (Fsp3) is 0.222. The second kappa shape index (κ2) is 7.67. The number of nitro groups is 1. The van der Waals surface area contributed by atoms with E-state index in [0.29, 0.717) is 5.69 Å². The summed E-state index contributed by atoms with van der Waals surface area (Å²) in [5, 5.41) is 14.4. The van der Waals surface area contributed by atoms with E-state index in [0.717, 1.165) is 9.80 Å². The van der Waals surface area contributed by atoms with Crippen LogP contribution in [-0.2, 0) is 9.59 Å². The molecule has 0 bridgehead atoms.